The average molecular weight is 773 g/mol. The van der Waals surface area contributed by atoms with Gasteiger partial charge in [-0.05, 0) is 119 Å². The van der Waals surface area contributed by atoms with E-state index in [2.05, 4.69) is 195 Å². The molecule has 0 saturated carbocycles. The van der Waals surface area contributed by atoms with Crippen molar-refractivity contribution in [3.05, 3.63) is 222 Å². The molecule has 0 spiro atoms. The first-order valence-corrected chi connectivity index (χ1v) is 20.9. The van der Waals surface area contributed by atoms with Crippen molar-refractivity contribution in [1.29, 1.82) is 0 Å². The molecule has 0 radical (unpaired) electrons. The summed E-state index contributed by atoms with van der Waals surface area (Å²) >= 11 is 0. The van der Waals surface area contributed by atoms with Crippen LogP contribution in [0.5, 0.6) is 0 Å². The molecule has 1 atom stereocenters. The molecule has 3 heteroatoms. The molecule has 0 bridgehead atoms. The Kier molecular flexibility index (Phi) is 8.54. The van der Waals surface area contributed by atoms with Crippen molar-refractivity contribution in [3.8, 4) is 33.4 Å². The molecule has 1 unspecified atom stereocenters. The van der Waals surface area contributed by atoms with E-state index in [1.807, 2.05) is 18.2 Å². The number of hydrogen-bond donors (Lipinski definition) is 2. The fourth-order valence-corrected chi connectivity index (χ4v) is 9.54. The zero-order valence-corrected chi connectivity index (χ0v) is 33.7. The van der Waals surface area contributed by atoms with Crippen molar-refractivity contribution in [3.63, 3.8) is 0 Å². The van der Waals surface area contributed by atoms with Crippen LogP contribution < -0.4 is 11.1 Å². The molecule has 10 aromatic rings. The summed E-state index contributed by atoms with van der Waals surface area (Å²) in [6.07, 6.45) is 2.63. The Morgan fingerprint density at radius 2 is 1.27 bits per heavy atom. The molecule has 1 aromatic heterocycles. The quantitative estimate of drug-likeness (QED) is 0.151. The van der Waals surface area contributed by atoms with E-state index >= 15 is 0 Å². The molecule has 0 amide bonds. The monoisotopic (exact) mass is 772 g/mol. The zero-order chi connectivity index (χ0) is 40.4. The second kappa shape index (κ2) is 14.3. The normalized spacial score (nSPS) is 13.8. The minimum atomic E-state index is -0.373. The summed E-state index contributed by atoms with van der Waals surface area (Å²) in [6, 6.07) is 67.7. The number of rotatable bonds is 8. The van der Waals surface area contributed by atoms with E-state index in [-0.39, 0.29) is 11.6 Å². The summed E-state index contributed by atoms with van der Waals surface area (Å²) in [5.41, 5.74) is 23.1. The van der Waals surface area contributed by atoms with Crippen LogP contribution in [0.3, 0.4) is 0 Å². The first kappa shape index (κ1) is 35.9. The van der Waals surface area contributed by atoms with Crippen LogP contribution in [-0.2, 0) is 11.8 Å². The van der Waals surface area contributed by atoms with Crippen molar-refractivity contribution < 1.29 is 4.42 Å². The van der Waals surface area contributed by atoms with Gasteiger partial charge in [0.15, 0.2) is 0 Å². The Labute approximate surface area is 350 Å². The highest BCUT2D eigenvalue weighted by Crippen LogP contribution is 2.53. The van der Waals surface area contributed by atoms with E-state index in [0.717, 1.165) is 45.4 Å². The van der Waals surface area contributed by atoms with Crippen LogP contribution in [0.1, 0.15) is 47.8 Å². The molecule has 0 aliphatic heterocycles. The lowest BCUT2D eigenvalue weighted by atomic mass is 9.81. The molecule has 1 aliphatic carbocycles. The predicted octanol–water partition coefficient (Wildman–Crippen LogP) is 14.4. The van der Waals surface area contributed by atoms with E-state index in [1.54, 1.807) is 0 Å². The van der Waals surface area contributed by atoms with Crippen LogP contribution in [0, 0.1) is 0 Å². The molecule has 3 nitrogen and oxygen atoms in total. The van der Waals surface area contributed by atoms with Crippen molar-refractivity contribution in [2.45, 2.75) is 31.8 Å². The lowest BCUT2D eigenvalue weighted by molar-refractivity contribution is 0.661. The van der Waals surface area contributed by atoms with Crippen molar-refractivity contribution in [1.82, 2.24) is 5.32 Å². The average Bonchev–Trinajstić information content (AvgIpc) is 3.78. The van der Waals surface area contributed by atoms with E-state index in [0.29, 0.717) is 0 Å². The van der Waals surface area contributed by atoms with E-state index in [9.17, 15) is 0 Å². The molecule has 0 saturated heterocycles. The van der Waals surface area contributed by atoms with Crippen molar-refractivity contribution in [2.24, 2.45) is 5.73 Å². The molecule has 288 valence electrons. The highest BCUT2D eigenvalue weighted by molar-refractivity contribution is 6.19. The van der Waals surface area contributed by atoms with Gasteiger partial charge >= 0.3 is 0 Å². The second-order valence-corrected chi connectivity index (χ2v) is 16.7. The van der Waals surface area contributed by atoms with Gasteiger partial charge in [-0.1, -0.05) is 178 Å². The summed E-state index contributed by atoms with van der Waals surface area (Å²) in [6.45, 7) is 4.71. The fourth-order valence-electron chi connectivity index (χ4n) is 9.54. The SMILES string of the molecule is CC1(C)c2cc3ccccc3cc2-c2c(-c3ccc(/C(=C/Cc4cccc(-c5ccc6oc7ccc8ccccc8c7c6c5)c4)NC(N)c4ccccc4)cc3)cccc21. The minimum Gasteiger partial charge on any atom is -0.456 e. The predicted molar refractivity (Wildman–Crippen MR) is 252 cm³/mol. The maximum atomic E-state index is 6.85. The Morgan fingerprint density at radius 1 is 0.567 bits per heavy atom. The maximum absolute atomic E-state index is 6.85. The smallest absolute Gasteiger partial charge is 0.136 e. The summed E-state index contributed by atoms with van der Waals surface area (Å²) in [4.78, 5) is 0. The maximum Gasteiger partial charge on any atom is 0.136 e. The Morgan fingerprint density at radius 3 is 2.10 bits per heavy atom. The van der Waals surface area contributed by atoms with Gasteiger partial charge in [0.25, 0.3) is 0 Å². The zero-order valence-electron chi connectivity index (χ0n) is 33.7. The molecular formula is C57H44N2O. The lowest BCUT2D eigenvalue weighted by Gasteiger charge is -2.22. The van der Waals surface area contributed by atoms with Gasteiger partial charge in [0.2, 0.25) is 0 Å². The molecule has 3 N–H and O–H groups in total. The van der Waals surface area contributed by atoms with Gasteiger partial charge in [-0.15, -0.1) is 0 Å². The van der Waals surface area contributed by atoms with Gasteiger partial charge in [0.1, 0.15) is 17.3 Å². The van der Waals surface area contributed by atoms with Gasteiger partial charge in [0, 0.05) is 21.9 Å². The van der Waals surface area contributed by atoms with Gasteiger partial charge in [-0.25, -0.2) is 0 Å². The molecule has 0 fully saturated rings. The Bertz CT molecular complexity index is 3300. The molecular weight excluding hydrogens is 729 g/mol. The topological polar surface area (TPSA) is 51.2 Å². The first-order valence-electron chi connectivity index (χ1n) is 20.9. The third-order valence-corrected chi connectivity index (χ3v) is 12.7. The highest BCUT2D eigenvalue weighted by atomic mass is 16.3. The third-order valence-electron chi connectivity index (χ3n) is 12.7. The number of nitrogens with one attached hydrogen (secondary N) is 1. The highest BCUT2D eigenvalue weighted by Gasteiger charge is 2.37. The van der Waals surface area contributed by atoms with E-state index in [4.69, 9.17) is 10.2 Å². The number of fused-ring (bicyclic) bond motifs is 9. The molecule has 1 heterocycles. The van der Waals surface area contributed by atoms with Crippen molar-refractivity contribution >= 4 is 49.2 Å². The fraction of sp³-hybridized carbons (Fsp3) is 0.0877. The molecule has 60 heavy (non-hydrogen) atoms. The van der Waals surface area contributed by atoms with Gasteiger partial charge in [0.05, 0.1) is 0 Å². The largest absolute Gasteiger partial charge is 0.456 e. The van der Waals surface area contributed by atoms with Crippen molar-refractivity contribution in [2.75, 3.05) is 0 Å². The second-order valence-electron chi connectivity index (χ2n) is 16.7. The summed E-state index contributed by atoms with van der Waals surface area (Å²) in [5, 5.41) is 11.0. The van der Waals surface area contributed by atoms with Gasteiger partial charge in [-0.2, -0.15) is 0 Å². The number of hydrogen-bond acceptors (Lipinski definition) is 3. The summed E-state index contributed by atoms with van der Waals surface area (Å²) in [5.74, 6) is 0. The van der Waals surface area contributed by atoms with Crippen LogP contribution >= 0.6 is 0 Å². The number of furan rings is 1. The Balaban J connectivity index is 0.940. The number of benzene rings is 9. The van der Waals surface area contributed by atoms with E-state index in [1.165, 1.54) is 71.4 Å². The molecule has 1 aliphatic rings. The number of allylic oxidation sites excluding steroid dienone is 1. The van der Waals surface area contributed by atoms with Crippen LogP contribution in [-0.4, -0.2) is 0 Å². The van der Waals surface area contributed by atoms with E-state index < -0.39 is 0 Å². The van der Waals surface area contributed by atoms with Crippen LogP contribution in [0.15, 0.2) is 199 Å². The van der Waals surface area contributed by atoms with Crippen LogP contribution in [0.4, 0.5) is 0 Å². The minimum absolute atomic E-state index is 0.0926. The van der Waals surface area contributed by atoms with Gasteiger partial charge in [-0.3, -0.25) is 0 Å². The molecule has 11 rings (SSSR count). The number of nitrogens with two attached hydrogens (primary N) is 1. The van der Waals surface area contributed by atoms with Gasteiger partial charge < -0.3 is 15.5 Å². The van der Waals surface area contributed by atoms with Crippen LogP contribution in [0.25, 0.3) is 82.6 Å². The summed E-state index contributed by atoms with van der Waals surface area (Å²) < 4.78 is 6.31. The van der Waals surface area contributed by atoms with Crippen LogP contribution in [0.2, 0.25) is 0 Å². The summed E-state index contributed by atoms with van der Waals surface area (Å²) in [7, 11) is 0. The Hall–Kier alpha value is -7.20. The standard InChI is InChI=1S/C57H44N2O/c1-57(2)49-21-11-20-45(54(49)47-33-42-16-6-7-17-43(42)35-50(47)57)38-23-25-39(26-24-38)51(59-56(58)40-14-4-3-5-15-40)29-22-36-12-10-18-41(32-36)44-28-30-52-48(34-44)55-46-19-9-8-13-37(46)27-31-53(55)60-52/h3-21,23-35,56,59H,22,58H2,1-2H3/b51-29-. The third kappa shape index (κ3) is 6.09. The molecule has 9 aromatic carbocycles. The first-order chi connectivity index (χ1) is 29.4. The lowest BCUT2D eigenvalue weighted by Crippen LogP contribution is -2.27.